The Morgan fingerprint density at radius 1 is 1.26 bits per heavy atom. The van der Waals surface area contributed by atoms with Gasteiger partial charge in [-0.3, -0.25) is 9.69 Å². The summed E-state index contributed by atoms with van der Waals surface area (Å²) in [6, 6.07) is 11.3. The van der Waals surface area contributed by atoms with E-state index in [1.807, 2.05) is 6.07 Å². The van der Waals surface area contributed by atoms with E-state index in [4.69, 9.17) is 5.11 Å². The lowest BCUT2D eigenvalue weighted by atomic mass is 9.84. The third kappa shape index (κ3) is 3.57. The van der Waals surface area contributed by atoms with Crippen LogP contribution in [0.4, 0.5) is 0 Å². The van der Waals surface area contributed by atoms with Gasteiger partial charge in [0.1, 0.15) is 0 Å². The van der Waals surface area contributed by atoms with Gasteiger partial charge >= 0.3 is 5.97 Å². The van der Waals surface area contributed by atoms with E-state index in [1.165, 1.54) is 5.56 Å². The molecule has 1 aromatic rings. The van der Waals surface area contributed by atoms with E-state index in [1.54, 1.807) is 0 Å². The number of carboxylic acids is 1. The molecule has 1 heterocycles. The molecule has 3 nitrogen and oxygen atoms in total. The Balaban J connectivity index is 2.06. The Kier molecular flexibility index (Phi) is 4.59. The highest BCUT2D eigenvalue weighted by atomic mass is 16.4. The molecule has 1 fully saturated rings. The molecule has 1 N–H and O–H groups in total. The van der Waals surface area contributed by atoms with Gasteiger partial charge in [0.2, 0.25) is 0 Å². The molecule has 0 amide bonds. The lowest BCUT2D eigenvalue weighted by molar-refractivity contribution is -0.139. The molecule has 2 rings (SSSR count). The van der Waals surface area contributed by atoms with E-state index in [0.717, 1.165) is 19.4 Å². The highest BCUT2D eigenvalue weighted by Gasteiger charge is 2.33. The number of aliphatic carboxylic acids is 1. The highest BCUT2D eigenvalue weighted by Crippen LogP contribution is 2.31. The van der Waals surface area contributed by atoms with Gasteiger partial charge in [-0.1, -0.05) is 30.3 Å². The fraction of sp³-hybridized carbons (Fsp3) is 0.562. The van der Waals surface area contributed by atoms with Crippen molar-refractivity contribution in [2.45, 2.75) is 51.7 Å². The summed E-state index contributed by atoms with van der Waals surface area (Å²) in [7, 11) is 0. The van der Waals surface area contributed by atoms with Crippen molar-refractivity contribution in [2.75, 3.05) is 0 Å². The van der Waals surface area contributed by atoms with Gasteiger partial charge < -0.3 is 5.11 Å². The normalized spacial score (nSPS) is 28.2. The number of piperidine rings is 1. The van der Waals surface area contributed by atoms with E-state index in [9.17, 15) is 4.79 Å². The third-order valence-electron chi connectivity index (χ3n) is 4.37. The molecule has 104 valence electrons. The van der Waals surface area contributed by atoms with Crippen molar-refractivity contribution >= 4 is 5.97 Å². The monoisotopic (exact) mass is 261 g/mol. The number of likely N-dealkylation sites (tertiary alicyclic amines) is 1. The number of carboxylic acid groups (broad SMARTS) is 1. The molecule has 0 aliphatic carbocycles. The standard InChI is InChI=1S/C16H23NO2/c1-12-8-9-15(10-16(18)19)13(2)17(12)11-14-6-4-3-5-7-14/h3-7,12-13,15H,8-11H2,1-2H3,(H,18,19)/t12-,13+,15?/m1/s1. The van der Waals surface area contributed by atoms with Crippen LogP contribution in [0.5, 0.6) is 0 Å². The van der Waals surface area contributed by atoms with Gasteiger partial charge in [-0.2, -0.15) is 0 Å². The molecule has 3 heteroatoms. The van der Waals surface area contributed by atoms with E-state index in [2.05, 4.69) is 43.0 Å². The number of carbonyl (C=O) groups is 1. The average Bonchev–Trinajstić information content (AvgIpc) is 2.39. The molecule has 0 spiro atoms. The predicted octanol–water partition coefficient (Wildman–Crippen LogP) is 3.15. The molecule has 0 bridgehead atoms. The molecule has 19 heavy (non-hydrogen) atoms. The molecule has 3 atom stereocenters. The van der Waals surface area contributed by atoms with Crippen LogP contribution in [0, 0.1) is 5.92 Å². The van der Waals surface area contributed by atoms with E-state index < -0.39 is 5.97 Å². The third-order valence-corrected chi connectivity index (χ3v) is 4.37. The Morgan fingerprint density at radius 2 is 1.95 bits per heavy atom. The predicted molar refractivity (Wildman–Crippen MR) is 75.9 cm³/mol. The molecule has 1 unspecified atom stereocenters. The number of benzene rings is 1. The minimum Gasteiger partial charge on any atom is -0.481 e. The molecule has 1 aromatic carbocycles. The summed E-state index contributed by atoms with van der Waals surface area (Å²) in [6.45, 7) is 5.34. The van der Waals surface area contributed by atoms with Gasteiger partial charge in [-0.05, 0) is 38.2 Å². The van der Waals surface area contributed by atoms with Crippen LogP contribution >= 0.6 is 0 Å². The van der Waals surface area contributed by atoms with Gasteiger partial charge in [0.05, 0.1) is 0 Å². The fourth-order valence-electron chi connectivity index (χ4n) is 3.13. The Hall–Kier alpha value is -1.35. The first-order chi connectivity index (χ1) is 9.08. The van der Waals surface area contributed by atoms with E-state index >= 15 is 0 Å². The molecule has 0 saturated carbocycles. The topological polar surface area (TPSA) is 40.5 Å². The van der Waals surface area contributed by atoms with Gasteiger partial charge in [-0.15, -0.1) is 0 Å². The maximum absolute atomic E-state index is 10.9. The molecule has 0 aromatic heterocycles. The number of hydrogen-bond donors (Lipinski definition) is 1. The molecular formula is C16H23NO2. The van der Waals surface area contributed by atoms with Crippen LogP contribution in [0.15, 0.2) is 30.3 Å². The van der Waals surface area contributed by atoms with Gasteiger partial charge in [0, 0.05) is 25.0 Å². The first-order valence-corrected chi connectivity index (χ1v) is 7.09. The van der Waals surface area contributed by atoms with Crippen LogP contribution in [-0.2, 0) is 11.3 Å². The number of nitrogens with zero attached hydrogens (tertiary/aromatic N) is 1. The Labute approximate surface area is 115 Å². The fourth-order valence-corrected chi connectivity index (χ4v) is 3.13. The van der Waals surface area contributed by atoms with Crippen molar-refractivity contribution in [1.82, 2.24) is 4.90 Å². The van der Waals surface area contributed by atoms with Gasteiger partial charge in [0.15, 0.2) is 0 Å². The maximum atomic E-state index is 10.9. The zero-order chi connectivity index (χ0) is 13.8. The molecule has 1 saturated heterocycles. The van der Waals surface area contributed by atoms with Crippen LogP contribution in [0.2, 0.25) is 0 Å². The molecule has 1 aliphatic rings. The minimum absolute atomic E-state index is 0.275. The summed E-state index contributed by atoms with van der Waals surface area (Å²) in [5.74, 6) is -0.400. The minimum atomic E-state index is -0.675. The summed E-state index contributed by atoms with van der Waals surface area (Å²) in [6.07, 6.45) is 2.41. The Bertz CT molecular complexity index is 418. The molecule has 1 aliphatic heterocycles. The Morgan fingerprint density at radius 3 is 2.58 bits per heavy atom. The number of hydrogen-bond acceptors (Lipinski definition) is 2. The number of rotatable bonds is 4. The maximum Gasteiger partial charge on any atom is 0.303 e. The van der Waals surface area contributed by atoms with Crippen molar-refractivity contribution in [3.05, 3.63) is 35.9 Å². The molecule has 0 radical (unpaired) electrons. The summed E-state index contributed by atoms with van der Waals surface area (Å²) < 4.78 is 0. The zero-order valence-corrected chi connectivity index (χ0v) is 11.7. The second kappa shape index (κ2) is 6.20. The lowest BCUT2D eigenvalue weighted by Crippen LogP contribution is -2.48. The van der Waals surface area contributed by atoms with Crippen LogP contribution < -0.4 is 0 Å². The summed E-state index contributed by atoms with van der Waals surface area (Å²) in [5, 5.41) is 9.01. The van der Waals surface area contributed by atoms with Crippen molar-refractivity contribution < 1.29 is 9.90 Å². The van der Waals surface area contributed by atoms with Crippen molar-refractivity contribution in [2.24, 2.45) is 5.92 Å². The smallest absolute Gasteiger partial charge is 0.303 e. The van der Waals surface area contributed by atoms with Crippen LogP contribution in [-0.4, -0.2) is 28.1 Å². The first-order valence-electron chi connectivity index (χ1n) is 7.09. The van der Waals surface area contributed by atoms with Gasteiger partial charge in [0.25, 0.3) is 0 Å². The second-order valence-corrected chi connectivity index (χ2v) is 5.68. The van der Waals surface area contributed by atoms with Crippen LogP contribution in [0.25, 0.3) is 0 Å². The van der Waals surface area contributed by atoms with E-state index in [-0.39, 0.29) is 5.92 Å². The van der Waals surface area contributed by atoms with Crippen molar-refractivity contribution in [3.8, 4) is 0 Å². The van der Waals surface area contributed by atoms with Gasteiger partial charge in [-0.25, -0.2) is 0 Å². The highest BCUT2D eigenvalue weighted by molar-refractivity contribution is 5.67. The SMILES string of the molecule is C[C@@H]1CCC(CC(=O)O)[C@H](C)N1Cc1ccccc1. The largest absolute Gasteiger partial charge is 0.481 e. The van der Waals surface area contributed by atoms with Crippen LogP contribution in [0.3, 0.4) is 0 Å². The summed E-state index contributed by atoms with van der Waals surface area (Å²) in [5.41, 5.74) is 1.30. The average molecular weight is 261 g/mol. The van der Waals surface area contributed by atoms with Crippen LogP contribution in [0.1, 0.15) is 38.7 Å². The zero-order valence-electron chi connectivity index (χ0n) is 11.7. The lowest BCUT2D eigenvalue weighted by Gasteiger charge is -2.43. The second-order valence-electron chi connectivity index (χ2n) is 5.68. The quantitative estimate of drug-likeness (QED) is 0.905. The summed E-state index contributed by atoms with van der Waals surface area (Å²) in [4.78, 5) is 13.4. The van der Waals surface area contributed by atoms with Crippen molar-refractivity contribution in [3.63, 3.8) is 0 Å². The first kappa shape index (κ1) is 14.1. The molecular weight excluding hydrogens is 238 g/mol. The summed E-state index contributed by atoms with van der Waals surface area (Å²) >= 11 is 0. The van der Waals surface area contributed by atoms with Crippen molar-refractivity contribution in [1.29, 1.82) is 0 Å². The van der Waals surface area contributed by atoms with E-state index in [0.29, 0.717) is 18.5 Å².